The Hall–Kier alpha value is -2.41. The van der Waals surface area contributed by atoms with Gasteiger partial charge in [0.05, 0.1) is 11.2 Å². The highest BCUT2D eigenvalue weighted by atomic mass is 32.2. The number of hydrogen-bond acceptors (Lipinski definition) is 4. The highest BCUT2D eigenvalue weighted by Gasteiger charge is 2.32. The minimum absolute atomic E-state index is 0.161. The monoisotopic (exact) mass is 332 g/mol. The molecule has 1 heterocycles. The van der Waals surface area contributed by atoms with Crippen molar-refractivity contribution in [2.45, 2.75) is 12.8 Å². The molecule has 6 nitrogen and oxygen atoms in total. The molecule has 0 amide bonds. The van der Waals surface area contributed by atoms with Gasteiger partial charge in [0.25, 0.3) is 5.69 Å². The van der Waals surface area contributed by atoms with E-state index in [1.165, 1.54) is 6.07 Å². The van der Waals surface area contributed by atoms with E-state index in [0.717, 1.165) is 21.7 Å². The fourth-order valence-electron chi connectivity index (χ4n) is 2.95. The number of nitro benzene ring substituents is 1. The van der Waals surface area contributed by atoms with E-state index < -0.39 is 14.9 Å². The molecule has 1 aliphatic heterocycles. The maximum Gasteiger partial charge on any atom is 0.294 e. The Morgan fingerprint density at radius 3 is 2.43 bits per heavy atom. The third kappa shape index (κ3) is 2.92. The number of nitrogens with zero attached hydrogens (tertiary/aromatic N) is 2. The molecule has 0 atom stereocenters. The number of rotatable bonds is 3. The van der Waals surface area contributed by atoms with Gasteiger partial charge in [-0.05, 0) is 35.6 Å². The van der Waals surface area contributed by atoms with E-state index in [-0.39, 0.29) is 17.9 Å². The topological polar surface area (TPSA) is 80.5 Å². The van der Waals surface area contributed by atoms with E-state index in [1.807, 2.05) is 36.4 Å². The van der Waals surface area contributed by atoms with Gasteiger partial charge in [-0.1, -0.05) is 30.3 Å². The smallest absolute Gasteiger partial charge is 0.263 e. The first-order valence-electron chi connectivity index (χ1n) is 7.22. The van der Waals surface area contributed by atoms with Crippen LogP contribution in [-0.2, 0) is 16.4 Å². The maximum absolute atomic E-state index is 12.0. The minimum atomic E-state index is -3.54. The molecule has 2 aromatic rings. The number of aryl methyl sites for hydroxylation is 1. The molecular weight excluding hydrogens is 316 g/mol. The molecule has 3 rings (SSSR count). The second-order valence-electron chi connectivity index (χ2n) is 5.56. The van der Waals surface area contributed by atoms with E-state index in [1.54, 1.807) is 0 Å². The van der Waals surface area contributed by atoms with Gasteiger partial charge in [-0.15, -0.1) is 0 Å². The molecule has 0 spiro atoms. The Labute approximate surface area is 134 Å². The van der Waals surface area contributed by atoms with Gasteiger partial charge >= 0.3 is 0 Å². The molecule has 0 radical (unpaired) electrons. The number of sulfonamides is 1. The quantitative estimate of drug-likeness (QED) is 0.639. The molecule has 7 heteroatoms. The molecule has 0 aromatic heterocycles. The van der Waals surface area contributed by atoms with Crippen LogP contribution in [0.5, 0.6) is 0 Å². The van der Waals surface area contributed by atoms with Crippen LogP contribution in [0.4, 0.5) is 11.4 Å². The molecule has 0 bridgehead atoms. The van der Waals surface area contributed by atoms with Crippen molar-refractivity contribution in [2.75, 3.05) is 17.1 Å². The van der Waals surface area contributed by atoms with E-state index in [4.69, 9.17) is 0 Å². The summed E-state index contributed by atoms with van der Waals surface area (Å²) in [5, 5.41) is 11.5. The second kappa shape index (κ2) is 5.66. The van der Waals surface area contributed by atoms with Gasteiger partial charge in [0, 0.05) is 12.6 Å². The Bertz CT molecular complexity index is 863. The average Bonchev–Trinajstić information content (AvgIpc) is 2.53. The van der Waals surface area contributed by atoms with Crippen molar-refractivity contribution in [1.29, 1.82) is 0 Å². The van der Waals surface area contributed by atoms with Gasteiger partial charge in [0.1, 0.15) is 5.69 Å². The molecule has 0 unspecified atom stereocenters. The Morgan fingerprint density at radius 2 is 1.83 bits per heavy atom. The summed E-state index contributed by atoms with van der Waals surface area (Å²) < 4.78 is 25.1. The van der Waals surface area contributed by atoms with Gasteiger partial charge in [-0.2, -0.15) is 0 Å². The van der Waals surface area contributed by atoms with Crippen molar-refractivity contribution in [3.05, 3.63) is 58.1 Å². The first kappa shape index (κ1) is 15.5. The van der Waals surface area contributed by atoms with Crippen LogP contribution >= 0.6 is 0 Å². The lowest BCUT2D eigenvalue weighted by Gasteiger charge is -2.29. The van der Waals surface area contributed by atoms with Gasteiger partial charge in [-0.3, -0.25) is 14.4 Å². The second-order valence-corrected chi connectivity index (χ2v) is 7.47. The lowest BCUT2D eigenvalue weighted by Crippen LogP contribution is -2.35. The number of nitro groups is 1. The van der Waals surface area contributed by atoms with Crippen molar-refractivity contribution < 1.29 is 13.3 Å². The van der Waals surface area contributed by atoms with Crippen LogP contribution < -0.4 is 4.31 Å². The molecular formula is C16H16N2O4S. The third-order valence-corrected chi connectivity index (χ3v) is 5.10. The average molecular weight is 332 g/mol. The number of hydrogen-bond donors (Lipinski definition) is 0. The lowest BCUT2D eigenvalue weighted by atomic mass is 9.96. The molecule has 0 saturated heterocycles. The van der Waals surface area contributed by atoms with Crippen molar-refractivity contribution >= 4 is 21.4 Å². The Balaban J connectivity index is 2.25. The predicted octanol–water partition coefficient (Wildman–Crippen LogP) is 2.97. The van der Waals surface area contributed by atoms with Crippen LogP contribution in [0.1, 0.15) is 12.0 Å². The van der Waals surface area contributed by atoms with Crippen molar-refractivity contribution in [3.8, 4) is 11.1 Å². The molecule has 1 aliphatic rings. The summed E-state index contributed by atoms with van der Waals surface area (Å²) in [4.78, 5) is 11.0. The summed E-state index contributed by atoms with van der Waals surface area (Å²) in [7, 11) is -3.54. The SMILES string of the molecule is CS(=O)(=O)N1CCCc2cc(-c3ccccc3)cc([N+](=O)[O-])c21. The fraction of sp³-hybridized carbons (Fsp3) is 0.250. The van der Waals surface area contributed by atoms with Crippen LogP contribution in [0, 0.1) is 10.1 Å². The number of fused-ring (bicyclic) bond motifs is 1. The normalized spacial score (nSPS) is 14.4. The van der Waals surface area contributed by atoms with E-state index >= 15 is 0 Å². The Kier molecular flexibility index (Phi) is 3.81. The zero-order valence-corrected chi connectivity index (χ0v) is 13.4. The maximum atomic E-state index is 12.0. The highest BCUT2D eigenvalue weighted by Crippen LogP contribution is 2.40. The summed E-state index contributed by atoms with van der Waals surface area (Å²) in [6.45, 7) is 0.275. The summed E-state index contributed by atoms with van der Waals surface area (Å²) in [5.74, 6) is 0. The summed E-state index contributed by atoms with van der Waals surface area (Å²) >= 11 is 0. The van der Waals surface area contributed by atoms with Crippen molar-refractivity contribution in [2.24, 2.45) is 0 Å². The van der Waals surface area contributed by atoms with Gasteiger partial charge in [-0.25, -0.2) is 8.42 Å². The molecule has 0 aliphatic carbocycles. The molecule has 0 saturated carbocycles. The van der Waals surface area contributed by atoms with Crippen LogP contribution in [0.15, 0.2) is 42.5 Å². The highest BCUT2D eigenvalue weighted by molar-refractivity contribution is 7.92. The zero-order valence-electron chi connectivity index (χ0n) is 12.6. The number of anilines is 1. The third-order valence-electron chi connectivity index (χ3n) is 3.93. The standard InChI is InChI=1S/C16H16N2O4S/c1-23(21,22)17-9-5-8-13-10-14(12-6-3-2-4-7-12)11-15(16(13)17)18(19)20/h2-4,6-7,10-11H,5,8-9H2,1H3. The van der Waals surface area contributed by atoms with Crippen molar-refractivity contribution in [1.82, 2.24) is 0 Å². The van der Waals surface area contributed by atoms with Gasteiger partial charge in [0.15, 0.2) is 0 Å². The first-order valence-corrected chi connectivity index (χ1v) is 9.07. The van der Waals surface area contributed by atoms with Gasteiger partial charge < -0.3 is 0 Å². The molecule has 2 aromatic carbocycles. The zero-order chi connectivity index (χ0) is 16.6. The first-order chi connectivity index (χ1) is 10.9. The van der Waals surface area contributed by atoms with Crippen LogP contribution in [-0.4, -0.2) is 26.1 Å². The fourth-order valence-corrected chi connectivity index (χ4v) is 3.95. The lowest BCUT2D eigenvalue weighted by molar-refractivity contribution is -0.384. The van der Waals surface area contributed by atoms with Crippen molar-refractivity contribution in [3.63, 3.8) is 0 Å². The van der Waals surface area contributed by atoms with E-state index in [2.05, 4.69) is 0 Å². The summed E-state index contributed by atoms with van der Waals surface area (Å²) in [5.41, 5.74) is 2.35. The van der Waals surface area contributed by atoms with Gasteiger partial charge in [0.2, 0.25) is 10.0 Å². The minimum Gasteiger partial charge on any atom is -0.263 e. The van der Waals surface area contributed by atoms with E-state index in [9.17, 15) is 18.5 Å². The van der Waals surface area contributed by atoms with Crippen LogP contribution in [0.2, 0.25) is 0 Å². The number of benzene rings is 2. The van der Waals surface area contributed by atoms with Crippen LogP contribution in [0.3, 0.4) is 0 Å². The largest absolute Gasteiger partial charge is 0.294 e. The molecule has 23 heavy (non-hydrogen) atoms. The Morgan fingerprint density at radius 1 is 1.13 bits per heavy atom. The summed E-state index contributed by atoms with van der Waals surface area (Å²) in [6.07, 6.45) is 2.36. The van der Waals surface area contributed by atoms with Crippen LogP contribution in [0.25, 0.3) is 11.1 Å². The molecule has 120 valence electrons. The molecule has 0 N–H and O–H groups in total. The molecule has 0 fully saturated rings. The van der Waals surface area contributed by atoms with E-state index in [0.29, 0.717) is 18.4 Å². The summed E-state index contributed by atoms with van der Waals surface area (Å²) in [6, 6.07) is 12.7. The predicted molar refractivity (Wildman–Crippen MR) is 89.0 cm³/mol.